The topological polar surface area (TPSA) is 219 Å². The van der Waals surface area contributed by atoms with E-state index in [1.165, 1.54) is 12.0 Å². The molecule has 4 aliphatic rings. The molecule has 1 aromatic heterocycles. The number of fused-ring (bicyclic) bond motifs is 3. The number of tetrazole rings is 1. The van der Waals surface area contributed by atoms with Crippen LogP contribution in [-0.2, 0) is 47.7 Å². The van der Waals surface area contributed by atoms with Crippen LogP contribution in [0.2, 0.25) is 0 Å². The normalized spacial score (nSPS) is 38.8. The van der Waals surface area contributed by atoms with Gasteiger partial charge < -0.3 is 38.8 Å². The van der Waals surface area contributed by atoms with Crippen molar-refractivity contribution >= 4 is 29.2 Å². The van der Waals surface area contributed by atoms with E-state index in [0.717, 1.165) is 18.4 Å². The number of allylic oxidation sites excluding steroid dienone is 6. The predicted molar refractivity (Wildman–Crippen MR) is 256 cm³/mol. The Labute approximate surface area is 408 Å². The highest BCUT2D eigenvalue weighted by Gasteiger charge is 2.53. The molecule has 2 N–H and O–H groups in total. The summed E-state index contributed by atoms with van der Waals surface area (Å²) in [5, 5.41) is 35.2. The summed E-state index contributed by atoms with van der Waals surface area (Å²) in [6.45, 7) is 12.8. The van der Waals surface area contributed by atoms with Crippen molar-refractivity contribution in [2.75, 3.05) is 27.9 Å². The molecule has 1 aliphatic carbocycles. The van der Waals surface area contributed by atoms with E-state index >= 15 is 0 Å². The summed E-state index contributed by atoms with van der Waals surface area (Å²) in [7, 11) is 4.62. The fourth-order valence-corrected chi connectivity index (χ4v) is 10.7. The predicted octanol–water partition coefficient (Wildman–Crippen LogP) is 6.05. The Morgan fingerprint density at radius 1 is 0.884 bits per heavy atom. The average Bonchev–Trinajstić information content (AvgIpc) is 3.88. The van der Waals surface area contributed by atoms with E-state index in [2.05, 4.69) is 15.5 Å². The Kier molecular flexibility index (Phi) is 20.8. The second-order valence-corrected chi connectivity index (χ2v) is 20.4. The maximum absolute atomic E-state index is 14.5. The van der Waals surface area contributed by atoms with Gasteiger partial charge in [0.05, 0.1) is 24.4 Å². The highest BCUT2D eigenvalue weighted by atomic mass is 16.6. The third-order valence-corrected chi connectivity index (χ3v) is 15.2. The van der Waals surface area contributed by atoms with Gasteiger partial charge in [0, 0.05) is 58.5 Å². The highest BCUT2D eigenvalue weighted by Crippen LogP contribution is 2.39. The van der Waals surface area contributed by atoms with E-state index in [-0.39, 0.29) is 60.9 Å². The van der Waals surface area contributed by atoms with Crippen molar-refractivity contribution in [3.63, 3.8) is 0 Å². The molecule has 2 saturated heterocycles. The van der Waals surface area contributed by atoms with Crippen molar-refractivity contribution in [2.45, 2.75) is 180 Å². The summed E-state index contributed by atoms with van der Waals surface area (Å²) in [5.74, 6) is -7.92. The Bertz CT molecular complexity index is 2020. The standard InChI is InChI=1S/C52H79N5O12/c1-31-16-12-11-13-17-32(2)43(65-8)28-39-21-19-37(7)52(64,69-39)49(61)50(62)56-23-15-14-18-41(56)51(63)68-44(34(4)26-38-20-22-40(45(27-38)66-9)57-30-53-54-55-57)29-42(58)33(3)25-36(6)47(60)48(67-10)46(59)35(5)24-31/h11-13,16-17,25,30-31,33-35,37-41,43-45,47-48,60,64H,14-15,18-24,26-29H2,1-10H3/b13-11+,16-12+,32-17+,36-25+/t31-,33-,34-,35-,37-,38+,39+,40+,41+,43+,44+,45-,47-,48+,52-/m0/s1. The fourth-order valence-electron chi connectivity index (χ4n) is 10.7. The molecule has 0 radical (unpaired) electrons. The van der Waals surface area contributed by atoms with Crippen LogP contribution >= 0.6 is 0 Å². The van der Waals surface area contributed by atoms with E-state index in [4.69, 9.17) is 23.7 Å². The Morgan fingerprint density at radius 3 is 2.32 bits per heavy atom. The number of piperidine rings is 1. The molecule has 17 heteroatoms. The Morgan fingerprint density at radius 2 is 1.64 bits per heavy atom. The van der Waals surface area contributed by atoms with Crippen LogP contribution in [0.25, 0.3) is 0 Å². The zero-order chi connectivity index (χ0) is 50.6. The molecule has 384 valence electrons. The summed E-state index contributed by atoms with van der Waals surface area (Å²) >= 11 is 0. The number of methoxy groups -OCH3 is 3. The van der Waals surface area contributed by atoms with Crippen LogP contribution in [0.5, 0.6) is 0 Å². The molecule has 4 heterocycles. The number of esters is 1. The quantitative estimate of drug-likeness (QED) is 0.181. The summed E-state index contributed by atoms with van der Waals surface area (Å²) in [5.41, 5.74) is 1.27. The maximum Gasteiger partial charge on any atom is 0.329 e. The molecule has 0 unspecified atom stereocenters. The molecular formula is C52H79N5O12. The zero-order valence-corrected chi connectivity index (χ0v) is 42.5. The third kappa shape index (κ3) is 14.2. The molecule has 1 amide bonds. The number of ether oxygens (including phenoxy) is 5. The minimum atomic E-state index is -2.43. The molecule has 69 heavy (non-hydrogen) atoms. The molecule has 1 aromatic rings. The highest BCUT2D eigenvalue weighted by molar-refractivity contribution is 6.39. The number of amides is 1. The van der Waals surface area contributed by atoms with Crippen LogP contribution in [0, 0.1) is 35.5 Å². The van der Waals surface area contributed by atoms with Crippen molar-refractivity contribution < 1.29 is 57.9 Å². The van der Waals surface area contributed by atoms with Crippen molar-refractivity contribution in [3.05, 3.63) is 53.9 Å². The Hall–Kier alpha value is -4.26. The molecule has 0 aromatic carbocycles. The molecule has 5 rings (SSSR count). The molecule has 2 bridgehead atoms. The van der Waals surface area contributed by atoms with Gasteiger partial charge in [0.2, 0.25) is 5.79 Å². The lowest BCUT2D eigenvalue weighted by atomic mass is 9.77. The summed E-state index contributed by atoms with van der Waals surface area (Å²) in [6, 6.07) is -1.19. The van der Waals surface area contributed by atoms with Crippen LogP contribution < -0.4 is 0 Å². The number of cyclic esters (lactones) is 1. The van der Waals surface area contributed by atoms with Gasteiger partial charge in [-0.1, -0.05) is 71.1 Å². The fraction of sp³-hybridized carbons (Fsp3) is 0.731. The first kappa shape index (κ1) is 55.7. The lowest BCUT2D eigenvalue weighted by molar-refractivity contribution is -0.265. The number of ketones is 3. The van der Waals surface area contributed by atoms with E-state index in [9.17, 15) is 34.2 Å². The number of aliphatic hydroxyl groups excluding tert-OH is 1. The minimum absolute atomic E-state index is 0.0170. The number of carbonyl (C=O) groups excluding carboxylic acids is 5. The van der Waals surface area contributed by atoms with E-state index in [0.29, 0.717) is 56.9 Å². The van der Waals surface area contributed by atoms with Crippen molar-refractivity contribution in [1.82, 2.24) is 25.1 Å². The van der Waals surface area contributed by atoms with E-state index in [1.807, 2.05) is 58.1 Å². The first-order chi connectivity index (χ1) is 32.8. The second-order valence-electron chi connectivity index (χ2n) is 20.4. The third-order valence-electron chi connectivity index (χ3n) is 15.2. The zero-order valence-electron chi connectivity index (χ0n) is 42.5. The van der Waals surface area contributed by atoms with Gasteiger partial charge in [-0.3, -0.25) is 19.2 Å². The smallest absolute Gasteiger partial charge is 0.329 e. The van der Waals surface area contributed by atoms with Crippen molar-refractivity contribution in [1.29, 1.82) is 0 Å². The molecule has 15 atom stereocenters. The minimum Gasteiger partial charge on any atom is -0.460 e. The number of rotatable bonds is 7. The lowest BCUT2D eigenvalue weighted by Gasteiger charge is -2.42. The number of nitrogens with zero attached hydrogens (tertiary/aromatic N) is 5. The SMILES string of the molecule is CO[C@H]1C[C@@H](C[C@H](C)[C@H]2CC(=O)[C@@H](C)/C=C(\C)[C@H](O)[C@H](OC)C(=O)[C@@H](C)C[C@@H](C)/C=C/C=C/C=C(\C)[C@H](OC)C[C@H]3CC[C@H](C)[C@](O)(O3)C(=O)C(=O)N3CCCC[C@@H]3C(=O)O2)CC[C@H]1n1cnnn1. The Balaban J connectivity index is 1.46. The van der Waals surface area contributed by atoms with Crippen LogP contribution in [0.15, 0.2) is 53.9 Å². The summed E-state index contributed by atoms with van der Waals surface area (Å²) in [6.07, 6.45) is 13.9. The van der Waals surface area contributed by atoms with Crippen LogP contribution in [-0.4, -0.2) is 141 Å². The molecule has 3 fully saturated rings. The average molecular weight is 966 g/mol. The van der Waals surface area contributed by atoms with Gasteiger partial charge in [-0.2, -0.15) is 0 Å². The number of Topliss-reactive ketones (excluding diaryl/α,β-unsaturated/α-hetero) is 3. The second kappa shape index (κ2) is 25.7. The molecular weight excluding hydrogens is 887 g/mol. The van der Waals surface area contributed by atoms with E-state index < -0.39 is 77.8 Å². The first-order valence-electron chi connectivity index (χ1n) is 25.0. The number of aromatic nitrogens is 4. The van der Waals surface area contributed by atoms with Crippen LogP contribution in [0.1, 0.15) is 132 Å². The molecule has 1 saturated carbocycles. The summed E-state index contributed by atoms with van der Waals surface area (Å²) in [4.78, 5) is 72.3. The van der Waals surface area contributed by atoms with Crippen molar-refractivity contribution in [2.24, 2.45) is 35.5 Å². The van der Waals surface area contributed by atoms with E-state index in [1.54, 1.807) is 52.1 Å². The van der Waals surface area contributed by atoms with Gasteiger partial charge in [0.25, 0.3) is 11.7 Å². The molecule has 3 aliphatic heterocycles. The van der Waals surface area contributed by atoms with Crippen molar-refractivity contribution in [3.8, 4) is 0 Å². The number of aliphatic hydroxyl groups is 2. The lowest BCUT2D eigenvalue weighted by Crippen LogP contribution is -2.61. The molecule has 0 spiro atoms. The first-order valence-corrected chi connectivity index (χ1v) is 25.0. The van der Waals surface area contributed by atoms with Crippen LogP contribution in [0.4, 0.5) is 0 Å². The number of hydrogen-bond acceptors (Lipinski definition) is 15. The maximum atomic E-state index is 14.5. The number of hydrogen-bond donors (Lipinski definition) is 2. The van der Waals surface area contributed by atoms with Gasteiger partial charge in [0.15, 0.2) is 5.78 Å². The monoisotopic (exact) mass is 966 g/mol. The molecule has 17 nitrogen and oxygen atoms in total. The van der Waals surface area contributed by atoms with Gasteiger partial charge in [-0.15, -0.1) is 5.10 Å². The van der Waals surface area contributed by atoms with Gasteiger partial charge >= 0.3 is 5.97 Å². The van der Waals surface area contributed by atoms with Gasteiger partial charge in [-0.25, -0.2) is 9.48 Å². The van der Waals surface area contributed by atoms with Crippen LogP contribution in [0.3, 0.4) is 0 Å². The van der Waals surface area contributed by atoms with Gasteiger partial charge in [-0.05, 0) is 117 Å². The largest absolute Gasteiger partial charge is 0.460 e. The van der Waals surface area contributed by atoms with Gasteiger partial charge in [0.1, 0.15) is 36.5 Å². The summed E-state index contributed by atoms with van der Waals surface area (Å²) < 4.78 is 31.6. The number of carbonyl (C=O) groups is 5.